The van der Waals surface area contributed by atoms with Gasteiger partial charge in [-0.3, -0.25) is 14.2 Å². The van der Waals surface area contributed by atoms with Gasteiger partial charge in [0.2, 0.25) is 5.91 Å². The summed E-state index contributed by atoms with van der Waals surface area (Å²) in [6, 6.07) is 8.17. The third-order valence-electron chi connectivity index (χ3n) is 4.92. The highest BCUT2D eigenvalue weighted by Gasteiger charge is 2.14. The number of anilines is 2. The number of nitrogens with one attached hydrogen (secondary N) is 1. The molecule has 0 atom stereocenters. The van der Waals surface area contributed by atoms with E-state index in [2.05, 4.69) is 36.0 Å². The fraction of sp³-hybridized carbons (Fsp3) is 0.381. The Morgan fingerprint density at radius 1 is 1.25 bits per heavy atom. The van der Waals surface area contributed by atoms with Crippen LogP contribution < -0.4 is 15.8 Å². The zero-order chi connectivity index (χ0) is 20.4. The van der Waals surface area contributed by atoms with E-state index in [9.17, 15) is 9.59 Å². The van der Waals surface area contributed by atoms with Crippen molar-refractivity contribution < 1.29 is 4.79 Å². The smallest absolute Gasteiger partial charge is 0.262 e. The Bertz CT molecular complexity index is 1050. The number of aryl methyl sites for hydroxylation is 2. The first kappa shape index (κ1) is 20.1. The number of aromatic nitrogens is 2. The van der Waals surface area contributed by atoms with Crippen LogP contribution in [0.25, 0.3) is 10.2 Å². The molecule has 3 rings (SSSR count). The quantitative estimate of drug-likeness (QED) is 0.683. The van der Waals surface area contributed by atoms with E-state index < -0.39 is 0 Å². The van der Waals surface area contributed by atoms with E-state index >= 15 is 0 Å². The molecule has 0 bridgehead atoms. The first-order valence-electron chi connectivity index (χ1n) is 9.43. The molecule has 148 valence electrons. The van der Waals surface area contributed by atoms with Crippen LogP contribution >= 0.6 is 11.3 Å². The lowest BCUT2D eigenvalue weighted by Crippen LogP contribution is -2.30. The van der Waals surface area contributed by atoms with Crippen molar-refractivity contribution in [3.63, 3.8) is 0 Å². The summed E-state index contributed by atoms with van der Waals surface area (Å²) in [6.07, 6.45) is 1.45. The van der Waals surface area contributed by atoms with Crippen molar-refractivity contribution >= 4 is 38.8 Å². The molecule has 0 aliphatic heterocycles. The number of hydrogen-bond acceptors (Lipinski definition) is 5. The van der Waals surface area contributed by atoms with Crippen molar-refractivity contribution in [2.24, 2.45) is 0 Å². The minimum Gasteiger partial charge on any atom is -0.369 e. The average Bonchev–Trinajstić information content (AvgIpc) is 2.94. The van der Waals surface area contributed by atoms with Crippen LogP contribution in [0, 0.1) is 13.8 Å². The maximum atomic E-state index is 12.7. The monoisotopic (exact) mass is 398 g/mol. The largest absolute Gasteiger partial charge is 0.369 e. The highest BCUT2D eigenvalue weighted by molar-refractivity contribution is 7.18. The van der Waals surface area contributed by atoms with E-state index in [4.69, 9.17) is 0 Å². The molecule has 0 saturated heterocycles. The maximum Gasteiger partial charge on any atom is 0.262 e. The lowest BCUT2D eigenvalue weighted by molar-refractivity contribution is -0.116. The van der Waals surface area contributed by atoms with Crippen molar-refractivity contribution in [1.82, 2.24) is 9.55 Å². The molecule has 3 aromatic rings. The van der Waals surface area contributed by atoms with Crippen LogP contribution in [0.2, 0.25) is 0 Å². The third kappa shape index (κ3) is 3.94. The van der Waals surface area contributed by atoms with Gasteiger partial charge in [-0.05, 0) is 64.4 Å². The molecular weight excluding hydrogens is 372 g/mol. The molecule has 2 heterocycles. The van der Waals surface area contributed by atoms with Crippen LogP contribution in [0.1, 0.15) is 31.2 Å². The molecule has 0 aliphatic rings. The fourth-order valence-corrected chi connectivity index (χ4v) is 4.31. The molecule has 28 heavy (non-hydrogen) atoms. The van der Waals surface area contributed by atoms with Gasteiger partial charge in [0.05, 0.1) is 11.7 Å². The van der Waals surface area contributed by atoms with Crippen molar-refractivity contribution in [2.75, 3.05) is 16.8 Å². The predicted molar refractivity (Wildman–Crippen MR) is 117 cm³/mol. The molecule has 0 fully saturated rings. The summed E-state index contributed by atoms with van der Waals surface area (Å²) in [5.41, 5.74) is 2.59. The number of thiophene rings is 1. The van der Waals surface area contributed by atoms with Gasteiger partial charge < -0.3 is 10.2 Å². The van der Waals surface area contributed by atoms with Crippen molar-refractivity contribution in [2.45, 2.75) is 47.2 Å². The van der Waals surface area contributed by atoms with Gasteiger partial charge in [0.1, 0.15) is 11.4 Å². The SMILES string of the molecule is CCN(c1ccc(NC(=O)Cn2cnc3sc(C)c(C)c3c2=O)cc1)C(C)C. The number of carbonyl (C=O) groups excluding carboxylic acids is 1. The molecular formula is C21H26N4O2S. The molecule has 7 heteroatoms. The summed E-state index contributed by atoms with van der Waals surface area (Å²) in [6.45, 7) is 11.2. The number of hydrogen-bond donors (Lipinski definition) is 1. The van der Waals surface area contributed by atoms with Crippen LogP contribution in [0.15, 0.2) is 35.4 Å². The van der Waals surface area contributed by atoms with Gasteiger partial charge in [-0.25, -0.2) is 4.98 Å². The van der Waals surface area contributed by atoms with E-state index in [1.54, 1.807) is 0 Å². The van der Waals surface area contributed by atoms with Gasteiger partial charge >= 0.3 is 0 Å². The third-order valence-corrected chi connectivity index (χ3v) is 6.03. The molecule has 0 radical (unpaired) electrons. The lowest BCUT2D eigenvalue weighted by Gasteiger charge is -2.27. The van der Waals surface area contributed by atoms with E-state index in [-0.39, 0.29) is 18.0 Å². The Balaban J connectivity index is 1.74. The first-order chi connectivity index (χ1) is 13.3. The van der Waals surface area contributed by atoms with Crippen LogP contribution in [-0.4, -0.2) is 28.0 Å². The normalized spacial score (nSPS) is 11.2. The van der Waals surface area contributed by atoms with Gasteiger partial charge in [0, 0.05) is 28.8 Å². The number of carbonyl (C=O) groups is 1. The van der Waals surface area contributed by atoms with Gasteiger partial charge in [-0.15, -0.1) is 11.3 Å². The second kappa shape index (κ2) is 8.14. The summed E-state index contributed by atoms with van der Waals surface area (Å²) in [7, 11) is 0. The van der Waals surface area contributed by atoms with E-state index in [0.717, 1.165) is 27.5 Å². The van der Waals surface area contributed by atoms with Gasteiger partial charge in [0.25, 0.3) is 5.56 Å². The Morgan fingerprint density at radius 3 is 2.54 bits per heavy atom. The van der Waals surface area contributed by atoms with Crippen LogP contribution in [0.3, 0.4) is 0 Å². The molecule has 6 nitrogen and oxygen atoms in total. The second-order valence-corrected chi connectivity index (χ2v) is 8.32. The van der Waals surface area contributed by atoms with E-state index in [0.29, 0.717) is 17.1 Å². The second-order valence-electron chi connectivity index (χ2n) is 7.12. The standard InChI is InChI=1S/C21H26N4O2S/c1-6-25(13(2)3)17-9-7-16(8-10-17)23-18(26)11-24-12-22-20-19(21(24)27)14(4)15(5)28-20/h7-10,12-13H,6,11H2,1-5H3,(H,23,26). The summed E-state index contributed by atoms with van der Waals surface area (Å²) >= 11 is 1.50. The topological polar surface area (TPSA) is 67.2 Å². The molecule has 0 unspecified atom stereocenters. The molecule has 0 saturated carbocycles. The highest BCUT2D eigenvalue weighted by Crippen LogP contribution is 2.25. The molecule has 1 aromatic carbocycles. The summed E-state index contributed by atoms with van der Waals surface area (Å²) < 4.78 is 1.36. The number of amides is 1. The summed E-state index contributed by atoms with van der Waals surface area (Å²) in [5.74, 6) is -0.253. The molecule has 1 amide bonds. The zero-order valence-corrected chi connectivity index (χ0v) is 17.8. The lowest BCUT2D eigenvalue weighted by atomic mass is 10.2. The van der Waals surface area contributed by atoms with Gasteiger partial charge in [-0.1, -0.05) is 0 Å². The van der Waals surface area contributed by atoms with Crippen molar-refractivity contribution in [3.8, 4) is 0 Å². The molecule has 0 spiro atoms. The Hall–Kier alpha value is -2.67. The van der Waals surface area contributed by atoms with Crippen LogP contribution in [0.4, 0.5) is 11.4 Å². The van der Waals surface area contributed by atoms with Crippen molar-refractivity contribution in [1.29, 1.82) is 0 Å². The Morgan fingerprint density at radius 2 is 1.93 bits per heavy atom. The summed E-state index contributed by atoms with van der Waals surface area (Å²) in [4.78, 5) is 33.6. The fourth-order valence-electron chi connectivity index (χ4n) is 3.32. The Kier molecular flexibility index (Phi) is 5.84. The van der Waals surface area contributed by atoms with Crippen LogP contribution in [0.5, 0.6) is 0 Å². The highest BCUT2D eigenvalue weighted by atomic mass is 32.1. The number of rotatable bonds is 6. The molecule has 1 N–H and O–H groups in total. The van der Waals surface area contributed by atoms with Crippen molar-refractivity contribution in [3.05, 3.63) is 51.4 Å². The number of benzene rings is 1. The average molecular weight is 399 g/mol. The number of nitrogens with zero attached hydrogens (tertiary/aromatic N) is 3. The Labute approximate surface area is 168 Å². The van der Waals surface area contributed by atoms with E-state index in [1.165, 1.54) is 22.2 Å². The maximum absolute atomic E-state index is 12.7. The van der Waals surface area contributed by atoms with E-state index in [1.807, 2.05) is 38.1 Å². The first-order valence-corrected chi connectivity index (χ1v) is 10.2. The molecule has 2 aromatic heterocycles. The minimum atomic E-state index is -0.253. The summed E-state index contributed by atoms with van der Waals surface area (Å²) in [5, 5.41) is 3.46. The van der Waals surface area contributed by atoms with Gasteiger partial charge in [-0.2, -0.15) is 0 Å². The van der Waals surface area contributed by atoms with Gasteiger partial charge in [0.15, 0.2) is 0 Å². The van der Waals surface area contributed by atoms with Crippen LogP contribution in [-0.2, 0) is 11.3 Å². The molecule has 0 aliphatic carbocycles. The zero-order valence-electron chi connectivity index (χ0n) is 16.9. The minimum absolute atomic E-state index is 0.0645. The predicted octanol–water partition coefficient (Wildman–Crippen LogP) is 3.95. The number of fused-ring (bicyclic) bond motifs is 1.